The van der Waals surface area contributed by atoms with Gasteiger partial charge in [-0.15, -0.1) is 0 Å². The summed E-state index contributed by atoms with van der Waals surface area (Å²) in [5.41, 5.74) is 0.268. The van der Waals surface area contributed by atoms with Crippen molar-refractivity contribution in [3.63, 3.8) is 0 Å². The summed E-state index contributed by atoms with van der Waals surface area (Å²) < 4.78 is 4.88. The second-order valence-electron chi connectivity index (χ2n) is 2.78. The van der Waals surface area contributed by atoms with Crippen LogP contribution < -0.4 is 10.1 Å². The van der Waals surface area contributed by atoms with Gasteiger partial charge in [-0.25, -0.2) is 4.79 Å². The highest BCUT2D eigenvalue weighted by Crippen LogP contribution is 2.21. The number of amides is 1. The first-order chi connectivity index (χ1) is 7.58. The van der Waals surface area contributed by atoms with Crippen LogP contribution in [0.15, 0.2) is 18.2 Å². The number of carbonyl (C=O) groups excluding carboxylic acids is 1. The number of methoxy groups -OCH3 is 1. The van der Waals surface area contributed by atoms with Crippen molar-refractivity contribution in [3.8, 4) is 11.8 Å². The fraction of sp³-hybridized carbons (Fsp3) is 0.100. The Morgan fingerprint density at radius 3 is 2.69 bits per heavy atom. The van der Waals surface area contributed by atoms with Gasteiger partial charge in [-0.1, -0.05) is 0 Å². The van der Waals surface area contributed by atoms with E-state index in [4.69, 9.17) is 15.1 Å². The summed E-state index contributed by atoms with van der Waals surface area (Å²) in [5, 5.41) is 19.3. The molecule has 0 saturated carbocycles. The van der Waals surface area contributed by atoms with Crippen molar-refractivity contribution in [2.45, 2.75) is 0 Å². The zero-order valence-corrected chi connectivity index (χ0v) is 8.35. The highest BCUT2D eigenvalue weighted by molar-refractivity contribution is 6.36. The van der Waals surface area contributed by atoms with Crippen LogP contribution in [0.5, 0.6) is 5.75 Å². The Kier molecular flexibility index (Phi) is 3.45. The van der Waals surface area contributed by atoms with Gasteiger partial charge >= 0.3 is 11.9 Å². The second kappa shape index (κ2) is 4.79. The smallest absolute Gasteiger partial charge is 0.394 e. The first-order valence-electron chi connectivity index (χ1n) is 4.21. The molecule has 0 spiro atoms. The number of aliphatic carboxylic acids is 1. The first-order valence-corrected chi connectivity index (χ1v) is 4.21. The van der Waals surface area contributed by atoms with Crippen molar-refractivity contribution >= 4 is 17.6 Å². The zero-order valence-electron chi connectivity index (χ0n) is 8.35. The maximum absolute atomic E-state index is 10.9. The third-order valence-electron chi connectivity index (χ3n) is 1.79. The van der Waals surface area contributed by atoms with Crippen molar-refractivity contribution in [2.75, 3.05) is 12.4 Å². The molecule has 0 bridgehead atoms. The van der Waals surface area contributed by atoms with Gasteiger partial charge in [0, 0.05) is 0 Å². The largest absolute Gasteiger partial charge is 0.497 e. The lowest BCUT2D eigenvalue weighted by Gasteiger charge is -2.06. The SMILES string of the molecule is COc1ccc(NC(=O)C(=O)O)c(C#N)c1. The van der Waals surface area contributed by atoms with Gasteiger partial charge in [-0.3, -0.25) is 4.79 Å². The van der Waals surface area contributed by atoms with Crippen LogP contribution in [0.4, 0.5) is 5.69 Å². The van der Waals surface area contributed by atoms with Gasteiger partial charge in [0.2, 0.25) is 0 Å². The van der Waals surface area contributed by atoms with Crippen molar-refractivity contribution in [1.29, 1.82) is 5.26 Å². The summed E-state index contributed by atoms with van der Waals surface area (Å²) in [7, 11) is 1.44. The molecule has 1 amide bonds. The number of rotatable bonds is 2. The van der Waals surface area contributed by atoms with E-state index in [1.807, 2.05) is 6.07 Å². The second-order valence-corrected chi connectivity index (χ2v) is 2.78. The molecular formula is C10H8N2O4. The number of carboxylic acids is 1. The standard InChI is InChI=1S/C10H8N2O4/c1-16-7-2-3-8(6(4-7)5-11)12-9(13)10(14)15/h2-4H,1H3,(H,12,13)(H,14,15). The average molecular weight is 220 g/mol. The Morgan fingerprint density at radius 2 is 2.19 bits per heavy atom. The third-order valence-corrected chi connectivity index (χ3v) is 1.79. The van der Waals surface area contributed by atoms with E-state index in [9.17, 15) is 9.59 Å². The fourth-order valence-electron chi connectivity index (χ4n) is 1.03. The van der Waals surface area contributed by atoms with Crippen molar-refractivity contribution < 1.29 is 19.4 Å². The molecule has 0 aliphatic heterocycles. The molecule has 0 aromatic heterocycles. The maximum Gasteiger partial charge on any atom is 0.394 e. The lowest BCUT2D eigenvalue weighted by molar-refractivity contribution is -0.147. The molecule has 0 unspecified atom stereocenters. The normalized spacial score (nSPS) is 9.00. The Balaban J connectivity index is 3.02. The lowest BCUT2D eigenvalue weighted by atomic mass is 10.2. The molecular weight excluding hydrogens is 212 g/mol. The highest BCUT2D eigenvalue weighted by Gasteiger charge is 2.13. The molecule has 2 N–H and O–H groups in total. The molecule has 1 aromatic carbocycles. The van der Waals surface area contributed by atoms with E-state index in [-0.39, 0.29) is 11.3 Å². The van der Waals surface area contributed by atoms with E-state index in [0.717, 1.165) is 0 Å². The summed E-state index contributed by atoms with van der Waals surface area (Å²) in [6.07, 6.45) is 0. The number of carbonyl (C=O) groups is 2. The summed E-state index contributed by atoms with van der Waals surface area (Å²) in [4.78, 5) is 21.2. The summed E-state index contributed by atoms with van der Waals surface area (Å²) in [5.74, 6) is -2.36. The van der Waals surface area contributed by atoms with E-state index < -0.39 is 11.9 Å². The van der Waals surface area contributed by atoms with Gasteiger partial charge in [0.1, 0.15) is 11.8 Å². The van der Waals surface area contributed by atoms with E-state index in [1.54, 1.807) is 0 Å². The van der Waals surface area contributed by atoms with Gasteiger partial charge in [0.15, 0.2) is 0 Å². The molecule has 6 heteroatoms. The number of nitrogens with zero attached hydrogens (tertiary/aromatic N) is 1. The van der Waals surface area contributed by atoms with Crippen LogP contribution in [0.2, 0.25) is 0 Å². The third kappa shape index (κ3) is 2.48. The number of anilines is 1. The molecule has 82 valence electrons. The Morgan fingerprint density at radius 1 is 1.50 bits per heavy atom. The number of benzene rings is 1. The van der Waals surface area contributed by atoms with Gasteiger partial charge in [-0.05, 0) is 18.2 Å². The molecule has 0 fully saturated rings. The van der Waals surface area contributed by atoms with Crippen LogP contribution in [0.3, 0.4) is 0 Å². The van der Waals surface area contributed by atoms with Crippen LogP contribution in [-0.2, 0) is 9.59 Å². The summed E-state index contributed by atoms with van der Waals surface area (Å²) in [6, 6.07) is 6.14. The van der Waals surface area contributed by atoms with Crippen LogP contribution >= 0.6 is 0 Å². The molecule has 1 rings (SSSR count). The maximum atomic E-state index is 10.9. The monoisotopic (exact) mass is 220 g/mol. The summed E-state index contributed by atoms with van der Waals surface area (Å²) in [6.45, 7) is 0. The molecule has 6 nitrogen and oxygen atoms in total. The number of hydrogen-bond acceptors (Lipinski definition) is 4. The van der Waals surface area contributed by atoms with Gasteiger partial charge in [0.25, 0.3) is 0 Å². The first kappa shape index (κ1) is 11.5. The number of nitriles is 1. The molecule has 0 radical (unpaired) electrons. The topological polar surface area (TPSA) is 99.4 Å². The van der Waals surface area contributed by atoms with Crippen LogP contribution in [-0.4, -0.2) is 24.1 Å². The number of hydrogen-bond donors (Lipinski definition) is 2. The van der Waals surface area contributed by atoms with Gasteiger partial charge < -0.3 is 15.2 Å². The number of carboxylic acid groups (broad SMARTS) is 1. The molecule has 0 atom stereocenters. The highest BCUT2D eigenvalue weighted by atomic mass is 16.5. The fourth-order valence-corrected chi connectivity index (χ4v) is 1.03. The number of ether oxygens (including phenoxy) is 1. The van der Waals surface area contributed by atoms with Crippen molar-refractivity contribution in [3.05, 3.63) is 23.8 Å². The summed E-state index contributed by atoms with van der Waals surface area (Å²) >= 11 is 0. The molecule has 1 aromatic rings. The van der Waals surface area contributed by atoms with Gasteiger partial charge in [0.05, 0.1) is 18.4 Å². The molecule has 16 heavy (non-hydrogen) atoms. The van der Waals surface area contributed by atoms with E-state index >= 15 is 0 Å². The van der Waals surface area contributed by atoms with E-state index in [0.29, 0.717) is 5.75 Å². The molecule has 0 heterocycles. The zero-order chi connectivity index (χ0) is 12.1. The Labute approximate surface area is 91.1 Å². The lowest BCUT2D eigenvalue weighted by Crippen LogP contribution is -2.22. The van der Waals surface area contributed by atoms with Crippen LogP contribution in [0.25, 0.3) is 0 Å². The predicted molar refractivity (Wildman–Crippen MR) is 54.0 cm³/mol. The van der Waals surface area contributed by atoms with Crippen LogP contribution in [0, 0.1) is 11.3 Å². The average Bonchev–Trinajstić information content (AvgIpc) is 2.29. The number of nitrogens with one attached hydrogen (secondary N) is 1. The minimum atomic E-state index is -1.61. The quantitative estimate of drug-likeness (QED) is 0.710. The van der Waals surface area contributed by atoms with Crippen LogP contribution in [0.1, 0.15) is 5.56 Å². The Bertz CT molecular complexity index is 476. The minimum absolute atomic E-state index is 0.133. The Hall–Kier alpha value is -2.55. The minimum Gasteiger partial charge on any atom is -0.497 e. The predicted octanol–water partition coefficient (Wildman–Crippen LogP) is 0.590. The van der Waals surface area contributed by atoms with Crippen molar-refractivity contribution in [1.82, 2.24) is 0 Å². The van der Waals surface area contributed by atoms with Crippen molar-refractivity contribution in [2.24, 2.45) is 0 Å². The molecule has 0 aliphatic carbocycles. The van der Waals surface area contributed by atoms with Gasteiger partial charge in [-0.2, -0.15) is 5.26 Å². The molecule has 0 aliphatic rings. The van der Waals surface area contributed by atoms with E-state index in [2.05, 4.69) is 5.32 Å². The van der Waals surface area contributed by atoms with E-state index in [1.165, 1.54) is 25.3 Å². The molecule has 0 saturated heterocycles.